The summed E-state index contributed by atoms with van der Waals surface area (Å²) >= 11 is 6.40. The summed E-state index contributed by atoms with van der Waals surface area (Å²) in [5.74, 6) is -0.110. The van der Waals surface area contributed by atoms with Gasteiger partial charge in [-0.3, -0.25) is 9.78 Å². The number of hydrogen-bond acceptors (Lipinski definition) is 2. The Hall–Kier alpha value is -1.61. The zero-order valence-electron chi connectivity index (χ0n) is 11.9. The highest BCUT2D eigenvalue weighted by Gasteiger charge is 2.23. The molecular weight excluding hydrogens is 284 g/mol. The quantitative estimate of drug-likeness (QED) is 0.872. The van der Waals surface area contributed by atoms with Crippen molar-refractivity contribution in [3.05, 3.63) is 42.2 Å². The maximum absolute atomic E-state index is 12.4. The van der Waals surface area contributed by atoms with Crippen LogP contribution < -0.4 is 5.32 Å². The number of rotatable bonds is 3. The first-order valence-corrected chi connectivity index (χ1v) is 7.96. The van der Waals surface area contributed by atoms with Crippen molar-refractivity contribution < 1.29 is 4.79 Å². The van der Waals surface area contributed by atoms with Gasteiger partial charge in [-0.2, -0.15) is 0 Å². The van der Waals surface area contributed by atoms with Gasteiger partial charge >= 0.3 is 0 Å². The highest BCUT2D eigenvalue weighted by Crippen LogP contribution is 2.28. The molecule has 1 unspecified atom stereocenters. The molecule has 1 N–H and O–H groups in total. The second kappa shape index (κ2) is 6.44. The van der Waals surface area contributed by atoms with E-state index in [0.717, 1.165) is 29.2 Å². The van der Waals surface area contributed by atoms with Crippen LogP contribution in [0.4, 0.5) is 0 Å². The molecule has 110 valence electrons. The molecule has 21 heavy (non-hydrogen) atoms. The van der Waals surface area contributed by atoms with Crippen LogP contribution in [0, 0.1) is 0 Å². The first-order chi connectivity index (χ1) is 10.3. The van der Waals surface area contributed by atoms with Crippen LogP contribution >= 0.6 is 11.6 Å². The minimum atomic E-state index is -0.689. The van der Waals surface area contributed by atoms with Crippen LogP contribution in [0.3, 0.4) is 0 Å². The van der Waals surface area contributed by atoms with Crippen LogP contribution in [0.2, 0.25) is 0 Å². The van der Waals surface area contributed by atoms with Gasteiger partial charge in [-0.05, 0) is 18.2 Å². The van der Waals surface area contributed by atoms with E-state index >= 15 is 0 Å². The van der Waals surface area contributed by atoms with Gasteiger partial charge in [0, 0.05) is 29.4 Å². The van der Waals surface area contributed by atoms with Crippen molar-refractivity contribution in [2.75, 3.05) is 0 Å². The fourth-order valence-corrected chi connectivity index (χ4v) is 3.24. The molecule has 1 saturated carbocycles. The molecule has 3 rings (SSSR count). The maximum atomic E-state index is 12.4. The van der Waals surface area contributed by atoms with Crippen LogP contribution in [0.25, 0.3) is 10.8 Å². The molecule has 1 aliphatic rings. The number of fused-ring (bicyclic) bond motifs is 1. The molecule has 0 radical (unpaired) electrons. The summed E-state index contributed by atoms with van der Waals surface area (Å²) in [6.07, 6.45) is 9.25. The lowest BCUT2D eigenvalue weighted by Crippen LogP contribution is -2.38. The van der Waals surface area contributed by atoms with E-state index in [-0.39, 0.29) is 11.9 Å². The Kier molecular flexibility index (Phi) is 4.39. The number of halogens is 1. The predicted octanol–water partition coefficient (Wildman–Crippen LogP) is 3.96. The van der Waals surface area contributed by atoms with Gasteiger partial charge in [0.05, 0.1) is 0 Å². The minimum absolute atomic E-state index is 0.110. The zero-order valence-corrected chi connectivity index (χ0v) is 12.6. The van der Waals surface area contributed by atoms with Crippen LogP contribution in [0.5, 0.6) is 0 Å². The van der Waals surface area contributed by atoms with Crippen molar-refractivity contribution in [2.24, 2.45) is 0 Å². The average Bonchev–Trinajstić information content (AvgIpc) is 2.54. The summed E-state index contributed by atoms with van der Waals surface area (Å²) in [7, 11) is 0. The molecular formula is C17H19ClN2O. The van der Waals surface area contributed by atoms with Gasteiger partial charge in [-0.1, -0.05) is 43.5 Å². The highest BCUT2D eigenvalue weighted by atomic mass is 35.5. The third-order valence-corrected chi connectivity index (χ3v) is 4.59. The minimum Gasteiger partial charge on any atom is -0.352 e. The summed E-state index contributed by atoms with van der Waals surface area (Å²) < 4.78 is 0. The SMILES string of the molecule is O=C(NC1CCCCC1)C(Cl)c1cncc2ccccc12. The second-order valence-electron chi connectivity index (χ2n) is 5.66. The van der Waals surface area contributed by atoms with E-state index in [4.69, 9.17) is 11.6 Å². The van der Waals surface area contributed by atoms with E-state index in [0.29, 0.717) is 0 Å². The third-order valence-electron chi connectivity index (χ3n) is 4.15. The first kappa shape index (κ1) is 14.3. The number of carbonyl (C=O) groups is 1. The summed E-state index contributed by atoms with van der Waals surface area (Å²) in [5.41, 5.74) is 0.781. The molecule has 1 aliphatic carbocycles. The molecule has 1 fully saturated rings. The van der Waals surface area contributed by atoms with Crippen LogP contribution in [0.1, 0.15) is 43.0 Å². The second-order valence-corrected chi connectivity index (χ2v) is 6.09. The molecule has 1 amide bonds. The van der Waals surface area contributed by atoms with E-state index in [2.05, 4.69) is 10.3 Å². The van der Waals surface area contributed by atoms with Crippen LogP contribution in [-0.4, -0.2) is 16.9 Å². The van der Waals surface area contributed by atoms with Crippen LogP contribution in [0.15, 0.2) is 36.7 Å². The van der Waals surface area contributed by atoms with Crippen molar-refractivity contribution in [1.82, 2.24) is 10.3 Å². The molecule has 4 heteroatoms. The Labute approximate surface area is 129 Å². The summed E-state index contributed by atoms with van der Waals surface area (Å²) in [4.78, 5) is 16.6. The molecule has 0 spiro atoms. The maximum Gasteiger partial charge on any atom is 0.242 e. The Morgan fingerprint density at radius 2 is 1.95 bits per heavy atom. The number of amides is 1. The van der Waals surface area contributed by atoms with Crippen molar-refractivity contribution in [3.8, 4) is 0 Å². The number of aromatic nitrogens is 1. The highest BCUT2D eigenvalue weighted by molar-refractivity contribution is 6.31. The van der Waals surface area contributed by atoms with Gasteiger partial charge in [-0.15, -0.1) is 11.6 Å². The molecule has 0 saturated heterocycles. The molecule has 1 aromatic heterocycles. The Morgan fingerprint density at radius 1 is 1.19 bits per heavy atom. The largest absolute Gasteiger partial charge is 0.352 e. The van der Waals surface area contributed by atoms with Crippen molar-refractivity contribution >= 4 is 28.3 Å². The van der Waals surface area contributed by atoms with Crippen molar-refractivity contribution in [1.29, 1.82) is 0 Å². The van der Waals surface area contributed by atoms with Gasteiger partial charge in [0.2, 0.25) is 5.91 Å². The summed E-state index contributed by atoms with van der Waals surface area (Å²) in [6, 6.07) is 8.15. The molecule has 1 heterocycles. The number of carbonyl (C=O) groups excluding carboxylic acids is 1. The number of hydrogen-bond donors (Lipinski definition) is 1. The fraction of sp³-hybridized carbons (Fsp3) is 0.412. The Balaban J connectivity index is 1.79. The lowest BCUT2D eigenvalue weighted by molar-refractivity contribution is -0.121. The number of alkyl halides is 1. The van der Waals surface area contributed by atoms with E-state index in [1.165, 1.54) is 19.3 Å². The lowest BCUT2D eigenvalue weighted by atomic mass is 9.95. The van der Waals surface area contributed by atoms with Crippen LogP contribution in [-0.2, 0) is 4.79 Å². The van der Waals surface area contributed by atoms with E-state index in [1.807, 2.05) is 24.3 Å². The standard InChI is InChI=1S/C17H19ClN2O/c18-16(17(21)20-13-7-2-1-3-8-13)15-11-19-10-12-6-4-5-9-14(12)15/h4-6,9-11,13,16H,1-3,7-8H2,(H,20,21). The van der Waals surface area contributed by atoms with Gasteiger partial charge < -0.3 is 5.32 Å². The number of pyridine rings is 1. The van der Waals surface area contributed by atoms with E-state index < -0.39 is 5.38 Å². The molecule has 0 aliphatic heterocycles. The van der Waals surface area contributed by atoms with E-state index in [1.54, 1.807) is 12.4 Å². The zero-order chi connectivity index (χ0) is 14.7. The predicted molar refractivity (Wildman–Crippen MR) is 85.4 cm³/mol. The normalized spacial score (nSPS) is 17.6. The Bertz CT molecular complexity index is 632. The number of nitrogens with zero attached hydrogens (tertiary/aromatic N) is 1. The van der Waals surface area contributed by atoms with Gasteiger partial charge in [0.1, 0.15) is 5.38 Å². The topological polar surface area (TPSA) is 42.0 Å². The van der Waals surface area contributed by atoms with Crippen molar-refractivity contribution in [2.45, 2.75) is 43.5 Å². The third kappa shape index (κ3) is 3.18. The van der Waals surface area contributed by atoms with Gasteiger partial charge in [0.15, 0.2) is 0 Å². The molecule has 0 bridgehead atoms. The van der Waals surface area contributed by atoms with Gasteiger partial charge in [0.25, 0.3) is 0 Å². The summed E-state index contributed by atoms with van der Waals surface area (Å²) in [6.45, 7) is 0. The lowest BCUT2D eigenvalue weighted by Gasteiger charge is -2.24. The molecule has 3 nitrogen and oxygen atoms in total. The Morgan fingerprint density at radius 3 is 2.76 bits per heavy atom. The van der Waals surface area contributed by atoms with Gasteiger partial charge in [-0.25, -0.2) is 0 Å². The number of benzene rings is 1. The van der Waals surface area contributed by atoms with Crippen molar-refractivity contribution in [3.63, 3.8) is 0 Å². The monoisotopic (exact) mass is 302 g/mol. The number of nitrogens with one attached hydrogen (secondary N) is 1. The molecule has 1 atom stereocenters. The average molecular weight is 303 g/mol. The first-order valence-electron chi connectivity index (χ1n) is 7.53. The molecule has 2 aromatic rings. The van der Waals surface area contributed by atoms with E-state index in [9.17, 15) is 4.79 Å². The molecule has 1 aromatic carbocycles. The summed E-state index contributed by atoms with van der Waals surface area (Å²) in [5, 5.41) is 4.39. The smallest absolute Gasteiger partial charge is 0.242 e. The fourth-order valence-electron chi connectivity index (χ4n) is 3.00.